The molecule has 1 saturated heterocycles. The lowest BCUT2D eigenvalue weighted by Crippen LogP contribution is -2.39. The van der Waals surface area contributed by atoms with Crippen molar-refractivity contribution in [3.8, 4) is 0 Å². The fourth-order valence-electron chi connectivity index (χ4n) is 3.72. The van der Waals surface area contributed by atoms with E-state index in [1.165, 1.54) is 0 Å². The maximum atomic E-state index is 12.6. The molecule has 2 aliphatic carbocycles. The predicted molar refractivity (Wildman–Crippen MR) is 91.5 cm³/mol. The van der Waals surface area contributed by atoms with Crippen LogP contribution < -0.4 is 0 Å². The lowest BCUT2D eigenvalue weighted by molar-refractivity contribution is -0.167. The summed E-state index contributed by atoms with van der Waals surface area (Å²) in [6.07, 6.45) is 5.03. The first-order chi connectivity index (χ1) is 11.7. The third kappa shape index (κ3) is 2.49. The Morgan fingerprint density at radius 3 is 2.68 bits per heavy atom. The quantitative estimate of drug-likeness (QED) is 0.438. The number of hydrogen-bond acceptors (Lipinski definition) is 5. The summed E-state index contributed by atoms with van der Waals surface area (Å²) < 4.78 is 11.2. The van der Waals surface area contributed by atoms with Crippen molar-refractivity contribution in [1.82, 2.24) is 0 Å². The third-order valence-corrected chi connectivity index (χ3v) is 5.35. The second-order valence-corrected chi connectivity index (χ2v) is 7.01. The molecule has 0 aromatic rings. The Kier molecular flexibility index (Phi) is 4.06. The molecule has 132 valence electrons. The molecule has 0 spiro atoms. The van der Waals surface area contributed by atoms with Gasteiger partial charge in [0.15, 0.2) is 5.78 Å². The minimum absolute atomic E-state index is 0.0268. The number of fused-ring (bicyclic) bond motifs is 3. The van der Waals surface area contributed by atoms with Crippen LogP contribution in [0.1, 0.15) is 41.0 Å². The topological polar surface area (TPSA) is 69.7 Å². The van der Waals surface area contributed by atoms with Crippen LogP contribution in [0.25, 0.3) is 0 Å². The summed E-state index contributed by atoms with van der Waals surface area (Å²) >= 11 is 0. The molecule has 0 saturated carbocycles. The normalized spacial score (nSPS) is 31.8. The maximum absolute atomic E-state index is 12.6. The average molecular weight is 342 g/mol. The van der Waals surface area contributed by atoms with E-state index in [1.54, 1.807) is 32.9 Å². The van der Waals surface area contributed by atoms with Crippen LogP contribution in [0.15, 0.2) is 46.1 Å². The van der Waals surface area contributed by atoms with E-state index >= 15 is 0 Å². The Balaban J connectivity index is 2.03. The third-order valence-electron chi connectivity index (χ3n) is 5.35. The van der Waals surface area contributed by atoms with E-state index in [9.17, 15) is 14.4 Å². The number of rotatable bonds is 2. The molecular weight excluding hydrogens is 320 g/mol. The van der Waals surface area contributed by atoms with Crippen LogP contribution in [0.2, 0.25) is 0 Å². The van der Waals surface area contributed by atoms with Crippen molar-refractivity contribution in [2.24, 2.45) is 5.92 Å². The van der Waals surface area contributed by atoms with Crippen molar-refractivity contribution in [1.29, 1.82) is 0 Å². The summed E-state index contributed by atoms with van der Waals surface area (Å²) in [4.78, 5) is 37.2. The van der Waals surface area contributed by atoms with Gasteiger partial charge < -0.3 is 9.47 Å². The Bertz CT molecular complexity index is 808. The van der Waals surface area contributed by atoms with Gasteiger partial charge in [-0.1, -0.05) is 23.3 Å². The fraction of sp³-hybridized carbons (Fsp3) is 0.450. The first kappa shape index (κ1) is 17.4. The first-order valence-electron chi connectivity index (χ1n) is 8.40. The maximum Gasteiger partial charge on any atom is 0.355 e. The molecule has 0 radical (unpaired) electrons. The van der Waals surface area contributed by atoms with Crippen LogP contribution in [0, 0.1) is 5.92 Å². The van der Waals surface area contributed by atoms with Crippen LogP contribution >= 0.6 is 0 Å². The SMILES string of the molecule is C/C=C(\C)C(=O)O[C@]1(C)C(=O)O[C@@H]2C1=CCC(C)=C1C(=O)C=C(C)[C@H]12. The second kappa shape index (κ2) is 5.83. The molecule has 0 bridgehead atoms. The standard InChI is InChI=1S/C20H22O5/c1-6-10(2)18(22)25-20(5)13-8-7-11(3)15-14(21)9-12(4)16(15)17(13)24-19(20)23/h6,8-9,16-17H,7H2,1-5H3/b10-6+/t16-,17-,20+/m1/s1. The van der Waals surface area contributed by atoms with Gasteiger partial charge in [-0.15, -0.1) is 0 Å². The zero-order valence-corrected chi connectivity index (χ0v) is 15.1. The molecule has 25 heavy (non-hydrogen) atoms. The highest BCUT2D eigenvalue weighted by Crippen LogP contribution is 2.47. The zero-order chi connectivity index (χ0) is 18.5. The molecule has 1 aliphatic heterocycles. The van der Waals surface area contributed by atoms with Crippen molar-refractivity contribution in [3.63, 3.8) is 0 Å². The highest BCUT2D eigenvalue weighted by Gasteiger charge is 2.57. The van der Waals surface area contributed by atoms with Crippen molar-refractivity contribution < 1.29 is 23.9 Å². The van der Waals surface area contributed by atoms with Crippen molar-refractivity contribution in [2.75, 3.05) is 0 Å². The summed E-state index contributed by atoms with van der Waals surface area (Å²) in [6.45, 7) is 8.72. The average Bonchev–Trinajstić information content (AvgIpc) is 2.90. The number of esters is 2. The molecule has 1 fully saturated rings. The van der Waals surface area contributed by atoms with E-state index in [1.807, 2.05) is 19.9 Å². The molecule has 0 unspecified atom stereocenters. The van der Waals surface area contributed by atoms with Gasteiger partial charge in [0, 0.05) is 16.7 Å². The number of ether oxygens (including phenoxy) is 2. The van der Waals surface area contributed by atoms with Gasteiger partial charge in [-0.05, 0) is 47.1 Å². The lowest BCUT2D eigenvalue weighted by Gasteiger charge is -2.25. The van der Waals surface area contributed by atoms with Crippen molar-refractivity contribution in [2.45, 2.75) is 52.7 Å². The van der Waals surface area contributed by atoms with Gasteiger partial charge in [-0.25, -0.2) is 9.59 Å². The number of carbonyl (C=O) groups excluding carboxylic acids is 3. The van der Waals surface area contributed by atoms with E-state index < -0.39 is 23.6 Å². The molecule has 3 rings (SSSR count). The summed E-state index contributed by atoms with van der Waals surface area (Å²) in [5.74, 6) is -1.46. The fourth-order valence-corrected chi connectivity index (χ4v) is 3.72. The highest BCUT2D eigenvalue weighted by atomic mass is 16.6. The van der Waals surface area contributed by atoms with Crippen LogP contribution in [-0.2, 0) is 23.9 Å². The van der Waals surface area contributed by atoms with Gasteiger partial charge in [-0.3, -0.25) is 4.79 Å². The van der Waals surface area contributed by atoms with Gasteiger partial charge in [0.05, 0.1) is 5.92 Å². The number of carbonyl (C=O) groups is 3. The first-order valence-corrected chi connectivity index (χ1v) is 8.40. The van der Waals surface area contributed by atoms with Gasteiger partial charge in [0.1, 0.15) is 6.10 Å². The molecule has 3 aliphatic rings. The number of ketones is 1. The van der Waals surface area contributed by atoms with Gasteiger partial charge in [-0.2, -0.15) is 0 Å². The Morgan fingerprint density at radius 2 is 2.04 bits per heavy atom. The smallest absolute Gasteiger partial charge is 0.355 e. The van der Waals surface area contributed by atoms with Crippen LogP contribution in [0.3, 0.4) is 0 Å². The Labute approximate surface area is 147 Å². The Hall–Kier alpha value is -2.43. The minimum Gasteiger partial charge on any atom is -0.453 e. The van der Waals surface area contributed by atoms with E-state index in [4.69, 9.17) is 9.47 Å². The van der Waals surface area contributed by atoms with Crippen molar-refractivity contribution >= 4 is 17.7 Å². The zero-order valence-electron chi connectivity index (χ0n) is 15.1. The molecule has 3 atom stereocenters. The van der Waals surface area contributed by atoms with E-state index in [0.717, 1.165) is 11.1 Å². The number of allylic oxidation sites excluding steroid dienone is 4. The van der Waals surface area contributed by atoms with Crippen LogP contribution in [0.5, 0.6) is 0 Å². The van der Waals surface area contributed by atoms with E-state index in [0.29, 0.717) is 23.1 Å². The summed E-state index contributed by atoms with van der Waals surface area (Å²) in [7, 11) is 0. The lowest BCUT2D eigenvalue weighted by atomic mass is 9.83. The summed E-state index contributed by atoms with van der Waals surface area (Å²) in [5.41, 5.74) is 2.10. The monoisotopic (exact) mass is 342 g/mol. The molecule has 0 aromatic heterocycles. The minimum atomic E-state index is -1.46. The second-order valence-electron chi connectivity index (χ2n) is 7.01. The summed E-state index contributed by atoms with van der Waals surface area (Å²) in [6, 6.07) is 0. The van der Waals surface area contributed by atoms with E-state index in [2.05, 4.69) is 0 Å². The molecule has 0 aromatic carbocycles. The van der Waals surface area contributed by atoms with Crippen LogP contribution in [0.4, 0.5) is 0 Å². The van der Waals surface area contributed by atoms with Gasteiger partial charge in [0.25, 0.3) is 0 Å². The van der Waals surface area contributed by atoms with Crippen LogP contribution in [-0.4, -0.2) is 29.4 Å². The Morgan fingerprint density at radius 1 is 1.36 bits per heavy atom. The molecule has 0 N–H and O–H groups in total. The highest BCUT2D eigenvalue weighted by molar-refractivity contribution is 6.09. The molecule has 5 nitrogen and oxygen atoms in total. The largest absolute Gasteiger partial charge is 0.453 e. The van der Waals surface area contributed by atoms with Crippen molar-refractivity contribution in [3.05, 3.63) is 46.1 Å². The molecule has 5 heteroatoms. The molecule has 1 heterocycles. The molecular formula is C20H22O5. The van der Waals surface area contributed by atoms with E-state index in [-0.39, 0.29) is 11.7 Å². The predicted octanol–water partition coefficient (Wildman–Crippen LogP) is 2.97. The number of hydrogen-bond donors (Lipinski definition) is 0. The van der Waals surface area contributed by atoms with Gasteiger partial charge >= 0.3 is 11.9 Å². The molecule has 0 amide bonds. The van der Waals surface area contributed by atoms with Gasteiger partial charge in [0.2, 0.25) is 5.60 Å². The summed E-state index contributed by atoms with van der Waals surface area (Å²) in [5, 5.41) is 0.